The number of nitrogens with zero attached hydrogens (tertiary/aromatic N) is 2. The minimum absolute atomic E-state index is 0.0987. The summed E-state index contributed by atoms with van der Waals surface area (Å²) in [4.78, 5) is 6.52. The summed E-state index contributed by atoms with van der Waals surface area (Å²) in [5.41, 5.74) is 0.454. The van der Waals surface area contributed by atoms with Gasteiger partial charge in [-0.05, 0) is 68.8 Å². The highest BCUT2D eigenvalue weighted by atomic mass is 32.2. The highest BCUT2D eigenvalue weighted by Gasteiger charge is 2.19. The first-order valence-corrected chi connectivity index (χ1v) is 15.6. The van der Waals surface area contributed by atoms with E-state index in [1.54, 1.807) is 18.2 Å². The number of sulfonamides is 1. The molecule has 5 rings (SSSR count). The van der Waals surface area contributed by atoms with Crippen molar-refractivity contribution in [1.82, 2.24) is 9.88 Å². The molecule has 4 aromatic rings. The molecule has 1 aromatic heterocycles. The van der Waals surface area contributed by atoms with E-state index in [-0.39, 0.29) is 22.1 Å². The summed E-state index contributed by atoms with van der Waals surface area (Å²) in [6.45, 7) is 0.629. The lowest BCUT2D eigenvalue weighted by Crippen LogP contribution is -2.31. The van der Waals surface area contributed by atoms with Gasteiger partial charge in [0.1, 0.15) is 11.5 Å². The van der Waals surface area contributed by atoms with E-state index in [1.165, 1.54) is 62.9 Å². The molecule has 1 aliphatic rings. The number of alkyl halides is 2. The fourth-order valence-corrected chi connectivity index (χ4v) is 6.02. The highest BCUT2D eigenvalue weighted by molar-refractivity contribution is 7.92. The van der Waals surface area contributed by atoms with E-state index in [9.17, 15) is 17.2 Å². The third-order valence-corrected chi connectivity index (χ3v) is 8.44. The average molecular weight is 632 g/mol. The van der Waals surface area contributed by atoms with Gasteiger partial charge in [-0.25, -0.2) is 12.8 Å². The van der Waals surface area contributed by atoms with Gasteiger partial charge >= 0.3 is 6.61 Å². The van der Waals surface area contributed by atoms with Crippen molar-refractivity contribution in [3.8, 4) is 28.7 Å². The van der Waals surface area contributed by atoms with Gasteiger partial charge in [-0.15, -0.1) is 0 Å². The first-order chi connectivity index (χ1) is 21.2. The van der Waals surface area contributed by atoms with Crippen LogP contribution in [0.2, 0.25) is 0 Å². The third-order valence-electron chi connectivity index (χ3n) is 7.06. The summed E-state index contributed by atoms with van der Waals surface area (Å²) >= 11 is 0. The number of halogens is 3. The van der Waals surface area contributed by atoms with Crippen molar-refractivity contribution in [1.29, 1.82) is 0 Å². The van der Waals surface area contributed by atoms with Crippen molar-refractivity contribution in [2.24, 2.45) is 0 Å². The Labute approximate surface area is 253 Å². The molecule has 3 aromatic carbocycles. The Hall–Kier alpha value is -4.23. The molecule has 1 fully saturated rings. The van der Waals surface area contributed by atoms with E-state index in [2.05, 4.69) is 19.3 Å². The molecule has 0 unspecified atom stereocenters. The number of fused-ring (bicyclic) bond motifs is 1. The number of hydrogen-bond acceptors (Lipinski definition) is 8. The molecule has 0 spiro atoms. The lowest BCUT2D eigenvalue weighted by molar-refractivity contribution is -0.0499. The lowest BCUT2D eigenvalue weighted by atomic mass is 10.1. The van der Waals surface area contributed by atoms with Crippen LogP contribution >= 0.6 is 0 Å². The van der Waals surface area contributed by atoms with Gasteiger partial charge in [0, 0.05) is 36.3 Å². The Bertz CT molecular complexity index is 1700. The number of aromatic nitrogens is 1. The van der Waals surface area contributed by atoms with E-state index < -0.39 is 22.5 Å². The summed E-state index contributed by atoms with van der Waals surface area (Å²) in [6.07, 6.45) is 6.17. The van der Waals surface area contributed by atoms with Crippen LogP contribution in [0.4, 0.5) is 18.9 Å². The number of rotatable bonds is 13. The van der Waals surface area contributed by atoms with Crippen molar-refractivity contribution in [2.75, 3.05) is 38.1 Å². The van der Waals surface area contributed by atoms with Crippen molar-refractivity contribution in [3.05, 3.63) is 72.7 Å². The van der Waals surface area contributed by atoms with E-state index in [0.717, 1.165) is 38.2 Å². The minimum Gasteiger partial charge on any atom is -0.493 e. The molecule has 0 amide bonds. The number of piperidine rings is 1. The summed E-state index contributed by atoms with van der Waals surface area (Å²) in [7, 11) is -2.71. The molecule has 1 aliphatic heterocycles. The van der Waals surface area contributed by atoms with Crippen molar-refractivity contribution >= 4 is 26.6 Å². The molecular weight excluding hydrogens is 599 g/mol. The second kappa shape index (κ2) is 14.0. The average Bonchev–Trinajstić information content (AvgIpc) is 3.00. The molecule has 0 aliphatic carbocycles. The molecule has 13 heteroatoms. The number of benzene rings is 3. The van der Waals surface area contributed by atoms with Crippen LogP contribution < -0.4 is 23.7 Å². The van der Waals surface area contributed by atoms with Crippen LogP contribution in [0.5, 0.6) is 28.7 Å². The molecule has 1 N–H and O–H groups in total. The zero-order valence-corrected chi connectivity index (χ0v) is 24.8. The summed E-state index contributed by atoms with van der Waals surface area (Å²) in [5.74, 6) is -0.0204. The molecule has 234 valence electrons. The summed E-state index contributed by atoms with van der Waals surface area (Å²) in [6, 6.07) is 13.2. The Balaban J connectivity index is 1.28. The molecule has 1 saturated heterocycles. The van der Waals surface area contributed by atoms with Gasteiger partial charge in [0.05, 0.1) is 29.8 Å². The zero-order chi connectivity index (χ0) is 31.1. The quantitative estimate of drug-likeness (QED) is 0.160. The molecule has 0 bridgehead atoms. The second-order valence-corrected chi connectivity index (χ2v) is 11.8. The third kappa shape index (κ3) is 7.83. The number of likely N-dealkylation sites (tertiary alicyclic amines) is 1. The topological polar surface area (TPSA) is 99.2 Å². The largest absolute Gasteiger partial charge is 0.493 e. The van der Waals surface area contributed by atoms with Crippen LogP contribution in [0.15, 0.2) is 71.8 Å². The molecular formula is C31H32F3N3O6S. The standard InChI is InChI=1S/C31H32F3N3O6S/c1-40-29-19-24-26(20-30(29)41-16-6-15-37-13-3-2-4-14-37)35-12-11-27(24)43-28-10-9-21(17-25(28)32)36-44(38,39)23-8-5-7-22(18-23)42-31(33)34/h5,7-12,17-20,31,36H,2-4,6,13-16H2,1H3. The molecule has 9 nitrogen and oxygen atoms in total. The van der Waals surface area contributed by atoms with E-state index in [1.807, 2.05) is 0 Å². The molecule has 2 heterocycles. The predicted octanol–water partition coefficient (Wildman–Crippen LogP) is 6.83. The highest BCUT2D eigenvalue weighted by Crippen LogP contribution is 2.38. The number of pyridine rings is 1. The number of hydrogen-bond donors (Lipinski definition) is 1. The second-order valence-electron chi connectivity index (χ2n) is 10.1. The maximum atomic E-state index is 15.1. The number of anilines is 1. The van der Waals surface area contributed by atoms with Gasteiger partial charge in [0.15, 0.2) is 23.1 Å². The van der Waals surface area contributed by atoms with E-state index in [0.29, 0.717) is 34.8 Å². The summed E-state index contributed by atoms with van der Waals surface area (Å²) < 4.78 is 89.7. The van der Waals surface area contributed by atoms with Crippen LogP contribution in [0, 0.1) is 5.82 Å². The zero-order valence-electron chi connectivity index (χ0n) is 24.0. The van der Waals surface area contributed by atoms with E-state index >= 15 is 4.39 Å². The molecule has 0 radical (unpaired) electrons. The van der Waals surface area contributed by atoms with Crippen LogP contribution in [0.1, 0.15) is 25.7 Å². The van der Waals surface area contributed by atoms with Gasteiger partial charge < -0.3 is 23.8 Å². The van der Waals surface area contributed by atoms with Crippen LogP contribution in [-0.2, 0) is 10.0 Å². The SMILES string of the molecule is COc1cc2c(Oc3ccc(NS(=O)(=O)c4cccc(OC(F)F)c4)cc3F)ccnc2cc1OCCCN1CCCCC1. The van der Waals surface area contributed by atoms with Gasteiger partial charge in [0.2, 0.25) is 0 Å². The maximum absolute atomic E-state index is 15.1. The van der Waals surface area contributed by atoms with Crippen LogP contribution in [0.25, 0.3) is 10.9 Å². The normalized spacial score (nSPS) is 14.0. The number of ether oxygens (including phenoxy) is 4. The van der Waals surface area contributed by atoms with Crippen LogP contribution in [0.3, 0.4) is 0 Å². The Morgan fingerprint density at radius 1 is 0.955 bits per heavy atom. The van der Waals surface area contributed by atoms with Crippen molar-refractivity contribution in [2.45, 2.75) is 37.2 Å². The summed E-state index contributed by atoms with van der Waals surface area (Å²) in [5, 5.41) is 0.556. The van der Waals surface area contributed by atoms with Crippen molar-refractivity contribution < 1.29 is 40.5 Å². The first-order valence-electron chi connectivity index (χ1n) is 14.1. The monoisotopic (exact) mass is 631 g/mol. The fraction of sp³-hybridized carbons (Fsp3) is 0.323. The maximum Gasteiger partial charge on any atom is 0.387 e. The Morgan fingerprint density at radius 2 is 1.77 bits per heavy atom. The number of methoxy groups -OCH3 is 1. The molecule has 44 heavy (non-hydrogen) atoms. The van der Waals surface area contributed by atoms with Gasteiger partial charge in [0.25, 0.3) is 10.0 Å². The first kappa shape index (κ1) is 31.2. The Morgan fingerprint density at radius 3 is 2.52 bits per heavy atom. The molecule has 0 atom stereocenters. The minimum atomic E-state index is -4.23. The smallest absolute Gasteiger partial charge is 0.387 e. The van der Waals surface area contributed by atoms with Gasteiger partial charge in [-0.1, -0.05) is 12.5 Å². The molecule has 0 saturated carbocycles. The fourth-order valence-electron chi connectivity index (χ4n) is 4.94. The Kier molecular flexibility index (Phi) is 9.95. The van der Waals surface area contributed by atoms with Gasteiger partial charge in [-0.3, -0.25) is 9.71 Å². The van der Waals surface area contributed by atoms with Crippen molar-refractivity contribution in [3.63, 3.8) is 0 Å². The van der Waals surface area contributed by atoms with Crippen LogP contribution in [-0.4, -0.2) is 58.3 Å². The number of nitrogens with one attached hydrogen (secondary N) is 1. The lowest BCUT2D eigenvalue weighted by Gasteiger charge is -2.26. The van der Waals surface area contributed by atoms with E-state index in [4.69, 9.17) is 14.2 Å². The van der Waals surface area contributed by atoms with Gasteiger partial charge in [-0.2, -0.15) is 8.78 Å². The predicted molar refractivity (Wildman–Crippen MR) is 159 cm³/mol.